The minimum Gasteiger partial charge on any atom is -0.362 e. The topological polar surface area (TPSA) is 12.0 Å². The highest BCUT2D eigenvalue weighted by molar-refractivity contribution is 8.18. The lowest BCUT2D eigenvalue weighted by Gasteiger charge is -2.33. The maximum Gasteiger partial charge on any atom is 0.128 e. The lowest BCUT2D eigenvalue weighted by molar-refractivity contribution is 0.499. The van der Waals surface area contributed by atoms with Gasteiger partial charge in [0.1, 0.15) is 5.82 Å². The second kappa shape index (κ2) is 9.03. The van der Waals surface area contributed by atoms with Crippen molar-refractivity contribution in [1.29, 1.82) is 0 Å². The van der Waals surface area contributed by atoms with Crippen LogP contribution in [0.5, 0.6) is 0 Å². The molecule has 128 valence electrons. The zero-order valence-corrected chi connectivity index (χ0v) is 16.0. The fourth-order valence-corrected chi connectivity index (χ4v) is 5.79. The Bertz CT molecular complexity index is 520. The van der Waals surface area contributed by atoms with Crippen molar-refractivity contribution in [2.45, 2.75) is 50.5 Å². The van der Waals surface area contributed by atoms with Crippen molar-refractivity contribution >= 4 is 29.2 Å². The Morgan fingerprint density at radius 2 is 1.96 bits per heavy atom. The zero-order valence-electron chi connectivity index (χ0n) is 14.4. The van der Waals surface area contributed by atoms with E-state index in [1.165, 1.54) is 19.3 Å². The van der Waals surface area contributed by atoms with Crippen molar-refractivity contribution in [3.8, 4) is 0 Å². The molecule has 0 radical (unpaired) electrons. The summed E-state index contributed by atoms with van der Waals surface area (Å²) in [6.07, 6.45) is 8.93. The molecule has 1 N–H and O–H groups in total. The van der Waals surface area contributed by atoms with Crippen molar-refractivity contribution in [2.75, 3.05) is 16.8 Å². The summed E-state index contributed by atoms with van der Waals surface area (Å²) in [4.78, 5) is 0. The van der Waals surface area contributed by atoms with Gasteiger partial charge in [-0.1, -0.05) is 32.8 Å². The number of thioether (sulfide) groups is 2. The first kappa shape index (κ1) is 18.7. The maximum absolute atomic E-state index is 14.3. The van der Waals surface area contributed by atoms with Crippen molar-refractivity contribution in [3.63, 3.8) is 0 Å². The minimum absolute atomic E-state index is 0.0963. The van der Waals surface area contributed by atoms with Crippen molar-refractivity contribution in [2.24, 2.45) is 5.92 Å². The maximum atomic E-state index is 14.3. The van der Waals surface area contributed by atoms with Crippen LogP contribution in [0.3, 0.4) is 0 Å². The summed E-state index contributed by atoms with van der Waals surface area (Å²) < 4.78 is 14.1. The first-order valence-corrected chi connectivity index (χ1v) is 10.6. The molecule has 1 saturated heterocycles. The van der Waals surface area contributed by atoms with E-state index in [4.69, 9.17) is 0 Å². The van der Waals surface area contributed by atoms with Crippen LogP contribution in [0.2, 0.25) is 0 Å². The number of halogens is 1. The van der Waals surface area contributed by atoms with Gasteiger partial charge in [-0.3, -0.25) is 0 Å². The third-order valence-electron chi connectivity index (χ3n) is 4.49. The first-order valence-electron chi connectivity index (χ1n) is 8.58. The standard InChI is InChI=1S/C19H28FNS2/c1-4-15(5-2)8-6-11-21-16-9-10-18(20)17(14-16)19(3)22-12-7-13-23-19/h6,9-11,14-15,21H,4-5,7-8,12-13H2,1-3H3. The van der Waals surface area contributed by atoms with Crippen molar-refractivity contribution in [3.05, 3.63) is 41.9 Å². The molecule has 2 rings (SSSR count). The van der Waals surface area contributed by atoms with Crippen LogP contribution in [0, 0.1) is 11.7 Å². The van der Waals surface area contributed by atoms with Crippen LogP contribution in [0.4, 0.5) is 10.1 Å². The summed E-state index contributed by atoms with van der Waals surface area (Å²) >= 11 is 3.71. The molecule has 0 unspecified atom stereocenters. The van der Waals surface area contributed by atoms with E-state index in [1.54, 1.807) is 6.07 Å². The second-order valence-electron chi connectivity index (χ2n) is 6.16. The van der Waals surface area contributed by atoms with Gasteiger partial charge in [-0.15, -0.1) is 23.5 Å². The number of allylic oxidation sites excluding steroid dienone is 1. The average Bonchev–Trinajstić information content (AvgIpc) is 2.57. The molecule has 1 aromatic rings. The van der Waals surface area contributed by atoms with Crippen LogP contribution in [-0.2, 0) is 4.08 Å². The molecule has 1 aliphatic heterocycles. The predicted molar refractivity (Wildman–Crippen MR) is 105 cm³/mol. The summed E-state index contributed by atoms with van der Waals surface area (Å²) in [6, 6.07) is 5.39. The molecule has 0 saturated carbocycles. The van der Waals surface area contributed by atoms with Crippen molar-refractivity contribution < 1.29 is 4.39 Å². The van der Waals surface area contributed by atoms with Gasteiger partial charge in [-0.05, 0) is 61.6 Å². The molecule has 0 bridgehead atoms. The van der Waals surface area contributed by atoms with Gasteiger partial charge in [-0.2, -0.15) is 0 Å². The Hall–Kier alpha value is -0.610. The number of nitrogens with one attached hydrogen (secondary N) is 1. The highest BCUT2D eigenvalue weighted by Crippen LogP contribution is 2.50. The molecule has 0 atom stereocenters. The molecule has 4 heteroatoms. The predicted octanol–water partition coefficient (Wildman–Crippen LogP) is 6.62. The van der Waals surface area contributed by atoms with Crippen LogP contribution in [0.25, 0.3) is 0 Å². The van der Waals surface area contributed by atoms with Gasteiger partial charge in [0.2, 0.25) is 0 Å². The van der Waals surface area contributed by atoms with Gasteiger partial charge in [0.05, 0.1) is 4.08 Å². The van der Waals surface area contributed by atoms with Gasteiger partial charge in [0, 0.05) is 11.3 Å². The summed E-state index contributed by atoms with van der Waals surface area (Å²) in [5, 5.41) is 3.31. The van der Waals surface area contributed by atoms with Crippen LogP contribution in [-0.4, -0.2) is 11.5 Å². The van der Waals surface area contributed by atoms with Crippen LogP contribution in [0.1, 0.15) is 52.0 Å². The van der Waals surface area contributed by atoms with Crippen molar-refractivity contribution in [1.82, 2.24) is 0 Å². The van der Waals surface area contributed by atoms with Gasteiger partial charge < -0.3 is 5.32 Å². The molecule has 0 aromatic heterocycles. The van der Waals surface area contributed by atoms with Crippen LogP contribution in [0.15, 0.2) is 30.5 Å². The Kier molecular flexibility index (Phi) is 7.35. The van der Waals surface area contributed by atoms with E-state index in [9.17, 15) is 4.39 Å². The van der Waals surface area contributed by atoms with Crippen LogP contribution >= 0.6 is 23.5 Å². The largest absolute Gasteiger partial charge is 0.362 e. The number of hydrogen-bond donors (Lipinski definition) is 1. The van der Waals surface area contributed by atoms with E-state index in [0.29, 0.717) is 0 Å². The molecule has 0 amide bonds. The quantitative estimate of drug-likeness (QED) is 0.591. The minimum atomic E-state index is -0.167. The highest BCUT2D eigenvalue weighted by atomic mass is 32.2. The zero-order chi connectivity index (χ0) is 16.7. The van der Waals surface area contributed by atoms with E-state index in [1.807, 2.05) is 41.9 Å². The number of rotatable bonds is 7. The summed E-state index contributed by atoms with van der Waals surface area (Å²) in [5.74, 6) is 2.87. The fourth-order valence-electron chi connectivity index (χ4n) is 2.79. The van der Waals surface area contributed by atoms with E-state index in [2.05, 4.69) is 32.2 Å². The Balaban J connectivity index is 2.04. The molecular formula is C19H28FNS2. The Morgan fingerprint density at radius 3 is 2.61 bits per heavy atom. The van der Waals surface area contributed by atoms with E-state index in [0.717, 1.165) is 35.1 Å². The van der Waals surface area contributed by atoms with Gasteiger partial charge in [0.15, 0.2) is 0 Å². The molecule has 1 aliphatic rings. The normalized spacial score (nSPS) is 17.8. The third kappa shape index (κ3) is 5.18. The summed E-state index contributed by atoms with van der Waals surface area (Å²) in [6.45, 7) is 6.62. The van der Waals surface area contributed by atoms with Gasteiger partial charge in [-0.25, -0.2) is 4.39 Å². The summed E-state index contributed by atoms with van der Waals surface area (Å²) in [7, 11) is 0. The molecule has 1 nitrogen and oxygen atoms in total. The van der Waals surface area contributed by atoms with E-state index >= 15 is 0 Å². The average molecular weight is 354 g/mol. The first-order chi connectivity index (χ1) is 11.1. The Morgan fingerprint density at radius 1 is 1.26 bits per heavy atom. The molecule has 1 fully saturated rings. The van der Waals surface area contributed by atoms with E-state index < -0.39 is 0 Å². The fraction of sp³-hybridized carbons (Fsp3) is 0.579. The molecule has 0 aliphatic carbocycles. The molecule has 1 aromatic carbocycles. The lowest BCUT2D eigenvalue weighted by atomic mass is 10.00. The number of benzene rings is 1. The van der Waals surface area contributed by atoms with Gasteiger partial charge in [0.25, 0.3) is 0 Å². The SMILES string of the molecule is CCC(CC)CC=CNc1ccc(F)c(C2(C)SCCCS2)c1. The molecule has 23 heavy (non-hydrogen) atoms. The van der Waals surface area contributed by atoms with Crippen LogP contribution < -0.4 is 5.32 Å². The van der Waals surface area contributed by atoms with E-state index in [-0.39, 0.29) is 9.90 Å². The third-order valence-corrected chi connectivity index (χ3v) is 7.73. The molecule has 0 spiro atoms. The molecular weight excluding hydrogens is 325 g/mol. The molecule has 1 heterocycles. The number of anilines is 1. The highest BCUT2D eigenvalue weighted by Gasteiger charge is 2.33. The summed E-state index contributed by atoms with van der Waals surface area (Å²) in [5.41, 5.74) is 1.78. The Labute approximate surface area is 148 Å². The second-order valence-corrected chi connectivity index (χ2v) is 9.44. The monoisotopic (exact) mass is 353 g/mol. The lowest BCUT2D eigenvalue weighted by Crippen LogP contribution is -2.20. The number of hydrogen-bond acceptors (Lipinski definition) is 3. The smallest absolute Gasteiger partial charge is 0.128 e. The van der Waals surface area contributed by atoms with Gasteiger partial charge >= 0.3 is 0 Å².